The third-order valence-electron chi connectivity index (χ3n) is 6.64. The molecule has 1 heterocycles. The van der Waals surface area contributed by atoms with Gasteiger partial charge in [-0.2, -0.15) is 11.8 Å². The van der Waals surface area contributed by atoms with Crippen LogP contribution in [0.1, 0.15) is 31.0 Å². The van der Waals surface area contributed by atoms with Gasteiger partial charge in [0.15, 0.2) is 0 Å². The van der Waals surface area contributed by atoms with Gasteiger partial charge in [0.1, 0.15) is 29.9 Å². The van der Waals surface area contributed by atoms with Gasteiger partial charge in [-0.3, -0.25) is 24.0 Å². The number of benzene rings is 1. The normalized spacial score (nSPS) is 14.9. The zero-order valence-electron chi connectivity index (χ0n) is 25.1. The van der Waals surface area contributed by atoms with Crippen LogP contribution in [0.15, 0.2) is 36.8 Å². The fraction of sp³-hybridized carbons (Fsp3) is 0.464. The van der Waals surface area contributed by atoms with Gasteiger partial charge in [0.05, 0.1) is 24.9 Å². The number of nitrogens with zero attached hydrogens (tertiary/aromatic N) is 1. The smallest absolute Gasteiger partial charge is 0.326 e. The number of aromatic amines is 1. The Hall–Kier alpha value is -4.68. The molecule has 0 spiro atoms. The second-order valence-electron chi connectivity index (χ2n) is 10.4. The molecule has 4 amide bonds. The molecular weight excluding hydrogens is 626 g/mol. The van der Waals surface area contributed by atoms with Crippen LogP contribution in [0.3, 0.4) is 0 Å². The van der Waals surface area contributed by atoms with Crippen molar-refractivity contribution in [1.82, 2.24) is 31.2 Å². The van der Waals surface area contributed by atoms with E-state index in [4.69, 9.17) is 10.8 Å². The molecule has 46 heavy (non-hydrogen) atoms. The van der Waals surface area contributed by atoms with Gasteiger partial charge < -0.3 is 52.4 Å². The summed E-state index contributed by atoms with van der Waals surface area (Å²) in [6, 6.07) is -1.44. The van der Waals surface area contributed by atoms with Crippen LogP contribution >= 0.6 is 11.8 Å². The van der Waals surface area contributed by atoms with Crippen molar-refractivity contribution in [3.63, 3.8) is 0 Å². The number of amides is 4. The standard InChI is InChI=1S/C28H39N7O10S/c1-14(36)23(35-24(40)18(29)11-22(38)39)27(43)33-20(9-15-3-5-17(37)6-4-15)26(42)32-19(7-8-46-2)25(41)34-21(28(44)45)10-16-12-30-13-31-16/h3-6,12-14,18-21,23,36-37H,7-11,29H2,1-2H3,(H,30,31)(H,32,42)(H,33,43)(H,34,41)(H,35,40)(H,38,39)(H,44,45)/t14-,18+,19+,20+,21+,23+/m1/s1. The summed E-state index contributed by atoms with van der Waals surface area (Å²) in [5.74, 6) is -6.00. The van der Waals surface area contributed by atoms with Gasteiger partial charge in [-0.05, 0) is 43.0 Å². The lowest BCUT2D eigenvalue weighted by atomic mass is 10.0. The number of hydrogen-bond acceptors (Lipinski definition) is 11. The minimum atomic E-state index is -1.64. The molecule has 252 valence electrons. The molecular formula is C28H39N7O10S. The van der Waals surface area contributed by atoms with E-state index in [9.17, 15) is 44.1 Å². The molecule has 1 aromatic carbocycles. The van der Waals surface area contributed by atoms with Crippen molar-refractivity contribution in [3.8, 4) is 5.75 Å². The average Bonchev–Trinajstić information content (AvgIpc) is 3.50. The number of rotatable bonds is 19. The number of aliphatic carboxylic acids is 2. The minimum absolute atomic E-state index is 0.0553. The van der Waals surface area contributed by atoms with E-state index in [2.05, 4.69) is 31.2 Å². The number of thioether (sulfide) groups is 1. The molecule has 0 saturated carbocycles. The number of aliphatic hydroxyl groups excluding tert-OH is 1. The number of hydrogen-bond donors (Lipinski definition) is 10. The largest absolute Gasteiger partial charge is 0.508 e. The van der Waals surface area contributed by atoms with Crippen LogP contribution in [-0.2, 0) is 41.6 Å². The third kappa shape index (κ3) is 12.4. The molecule has 0 radical (unpaired) electrons. The van der Waals surface area contributed by atoms with E-state index in [1.807, 2.05) is 0 Å². The van der Waals surface area contributed by atoms with Gasteiger partial charge in [0.25, 0.3) is 0 Å². The van der Waals surface area contributed by atoms with E-state index in [-0.39, 0.29) is 25.0 Å². The van der Waals surface area contributed by atoms with Crippen LogP contribution in [-0.4, -0.2) is 114 Å². The number of nitrogens with two attached hydrogens (primary N) is 1. The number of carboxylic acids is 2. The lowest BCUT2D eigenvalue weighted by molar-refractivity contribution is -0.142. The molecule has 2 aromatic rings. The van der Waals surface area contributed by atoms with E-state index >= 15 is 0 Å². The van der Waals surface area contributed by atoms with E-state index < -0.39 is 78.3 Å². The van der Waals surface area contributed by atoms with Gasteiger partial charge in [-0.1, -0.05) is 12.1 Å². The van der Waals surface area contributed by atoms with Crippen molar-refractivity contribution in [2.24, 2.45) is 5.73 Å². The molecule has 0 unspecified atom stereocenters. The summed E-state index contributed by atoms with van der Waals surface area (Å²) in [4.78, 5) is 82.0. The van der Waals surface area contributed by atoms with E-state index in [0.29, 0.717) is 17.0 Å². The molecule has 1 aromatic heterocycles. The Morgan fingerprint density at radius 1 is 0.891 bits per heavy atom. The summed E-state index contributed by atoms with van der Waals surface area (Å²) in [5.41, 5.74) is 6.51. The summed E-state index contributed by atoms with van der Waals surface area (Å²) in [5, 5.41) is 48.1. The van der Waals surface area contributed by atoms with Crippen LogP contribution in [0.2, 0.25) is 0 Å². The number of H-pyrrole nitrogens is 1. The van der Waals surface area contributed by atoms with Crippen molar-refractivity contribution >= 4 is 47.3 Å². The van der Waals surface area contributed by atoms with Crippen molar-refractivity contribution in [1.29, 1.82) is 0 Å². The van der Waals surface area contributed by atoms with Crippen LogP contribution in [0.25, 0.3) is 0 Å². The van der Waals surface area contributed by atoms with Crippen molar-refractivity contribution in [3.05, 3.63) is 48.0 Å². The number of aliphatic hydroxyl groups is 1. The molecule has 0 fully saturated rings. The van der Waals surface area contributed by atoms with Crippen LogP contribution in [0, 0.1) is 0 Å². The highest BCUT2D eigenvalue weighted by atomic mass is 32.2. The number of phenols is 1. The van der Waals surface area contributed by atoms with Crippen LogP contribution < -0.4 is 27.0 Å². The van der Waals surface area contributed by atoms with Crippen molar-refractivity contribution in [2.75, 3.05) is 12.0 Å². The molecule has 17 nitrogen and oxygen atoms in total. The van der Waals surface area contributed by atoms with Gasteiger partial charge in [0, 0.05) is 24.7 Å². The average molecular weight is 666 g/mol. The second-order valence-corrected chi connectivity index (χ2v) is 11.4. The van der Waals surface area contributed by atoms with Crippen molar-refractivity contribution < 1.29 is 49.2 Å². The molecule has 18 heteroatoms. The first-order chi connectivity index (χ1) is 21.7. The summed E-state index contributed by atoms with van der Waals surface area (Å²) in [6.45, 7) is 1.19. The first-order valence-corrected chi connectivity index (χ1v) is 15.4. The molecule has 0 aliphatic carbocycles. The van der Waals surface area contributed by atoms with Gasteiger partial charge in [0.2, 0.25) is 23.6 Å². The highest BCUT2D eigenvalue weighted by Crippen LogP contribution is 2.13. The molecule has 0 aliphatic heterocycles. The highest BCUT2D eigenvalue weighted by Gasteiger charge is 2.34. The molecule has 6 atom stereocenters. The topological polar surface area (TPSA) is 286 Å². The Morgan fingerprint density at radius 3 is 2.04 bits per heavy atom. The molecule has 0 bridgehead atoms. The summed E-state index contributed by atoms with van der Waals surface area (Å²) >= 11 is 1.38. The van der Waals surface area contributed by atoms with E-state index in [1.165, 1.54) is 55.5 Å². The SMILES string of the molecule is CSCC[C@H](NC(=O)[C@H](Cc1ccc(O)cc1)NC(=O)[C@@H](NC(=O)[C@@H](N)CC(=O)O)[C@@H](C)O)C(=O)N[C@@H](Cc1cnc[nH]1)C(=O)O. The number of aromatic nitrogens is 2. The number of carbonyl (C=O) groups excluding carboxylic acids is 4. The predicted molar refractivity (Wildman–Crippen MR) is 164 cm³/mol. The zero-order chi connectivity index (χ0) is 34.4. The third-order valence-corrected chi connectivity index (χ3v) is 7.28. The Labute approximate surface area is 268 Å². The van der Waals surface area contributed by atoms with Crippen molar-refractivity contribution in [2.45, 2.75) is 68.9 Å². The zero-order valence-corrected chi connectivity index (χ0v) is 26.0. The molecule has 0 aliphatic rings. The Bertz CT molecular complexity index is 1340. The fourth-order valence-electron chi connectivity index (χ4n) is 4.15. The number of carbonyl (C=O) groups is 6. The Balaban J connectivity index is 2.29. The fourth-order valence-corrected chi connectivity index (χ4v) is 4.62. The van der Waals surface area contributed by atoms with Gasteiger partial charge in [-0.25, -0.2) is 9.78 Å². The molecule has 0 saturated heterocycles. The van der Waals surface area contributed by atoms with E-state index in [0.717, 1.165) is 0 Å². The number of aromatic hydroxyl groups is 1. The Morgan fingerprint density at radius 2 is 1.50 bits per heavy atom. The number of carboxylic acid groups (broad SMARTS) is 2. The minimum Gasteiger partial charge on any atom is -0.508 e. The number of imidazole rings is 1. The second kappa shape index (κ2) is 18.3. The quantitative estimate of drug-likeness (QED) is 0.0768. The van der Waals surface area contributed by atoms with Gasteiger partial charge in [-0.15, -0.1) is 0 Å². The Kier molecular flexibility index (Phi) is 14.9. The maximum atomic E-state index is 13.6. The number of phenolic OH excluding ortho intramolecular Hbond substituents is 1. The maximum absolute atomic E-state index is 13.6. The monoisotopic (exact) mass is 665 g/mol. The summed E-state index contributed by atoms with van der Waals surface area (Å²) < 4.78 is 0. The van der Waals surface area contributed by atoms with Crippen LogP contribution in [0.4, 0.5) is 0 Å². The van der Waals surface area contributed by atoms with E-state index in [1.54, 1.807) is 6.26 Å². The maximum Gasteiger partial charge on any atom is 0.326 e. The number of nitrogens with one attached hydrogen (secondary N) is 5. The lowest BCUT2D eigenvalue weighted by Gasteiger charge is -2.27. The summed E-state index contributed by atoms with van der Waals surface area (Å²) in [7, 11) is 0. The predicted octanol–water partition coefficient (Wildman–Crippen LogP) is -2.14. The lowest BCUT2D eigenvalue weighted by Crippen LogP contribution is -2.61. The summed E-state index contributed by atoms with van der Waals surface area (Å²) in [6.07, 6.45) is 2.14. The van der Waals surface area contributed by atoms with Gasteiger partial charge >= 0.3 is 11.9 Å². The van der Waals surface area contributed by atoms with Crippen LogP contribution in [0.5, 0.6) is 5.75 Å². The molecule has 2 rings (SSSR count). The first kappa shape index (κ1) is 37.5. The first-order valence-electron chi connectivity index (χ1n) is 14.1. The molecule has 11 N–H and O–H groups in total. The highest BCUT2D eigenvalue weighted by molar-refractivity contribution is 7.98.